The first-order valence-corrected chi connectivity index (χ1v) is 9.58. The lowest BCUT2D eigenvalue weighted by Crippen LogP contribution is -2.25. The van der Waals surface area contributed by atoms with Crippen molar-refractivity contribution in [3.8, 4) is 0 Å². The van der Waals surface area contributed by atoms with Gasteiger partial charge >= 0.3 is 6.18 Å². The first kappa shape index (κ1) is 21.9. The predicted molar refractivity (Wildman–Crippen MR) is 108 cm³/mol. The van der Waals surface area contributed by atoms with Crippen LogP contribution in [0, 0.1) is 20.8 Å². The molecule has 0 saturated heterocycles. The molecule has 6 nitrogen and oxygen atoms in total. The Bertz CT molecular complexity index is 1090. The molecule has 0 fully saturated rings. The zero-order valence-electron chi connectivity index (χ0n) is 16.9. The van der Waals surface area contributed by atoms with Crippen molar-refractivity contribution in [3.05, 3.63) is 63.7 Å². The van der Waals surface area contributed by atoms with Crippen LogP contribution in [0.2, 0.25) is 5.02 Å². The Morgan fingerprint density at radius 3 is 2.47 bits per heavy atom. The van der Waals surface area contributed by atoms with E-state index in [1.165, 1.54) is 13.8 Å². The number of carbonyl (C=O) groups excluding carboxylic acids is 1. The Kier molecular flexibility index (Phi) is 5.94. The van der Waals surface area contributed by atoms with E-state index in [2.05, 4.69) is 15.5 Å². The smallest absolute Gasteiger partial charge is 0.324 e. The fourth-order valence-electron chi connectivity index (χ4n) is 3.17. The van der Waals surface area contributed by atoms with Crippen molar-refractivity contribution in [2.45, 2.75) is 46.5 Å². The van der Waals surface area contributed by atoms with Crippen molar-refractivity contribution in [1.82, 2.24) is 19.6 Å². The third kappa shape index (κ3) is 4.51. The van der Waals surface area contributed by atoms with E-state index < -0.39 is 28.8 Å². The predicted octanol–water partition coefficient (Wildman–Crippen LogP) is 4.93. The maximum absolute atomic E-state index is 13.0. The molecular weight excluding hydrogens is 419 g/mol. The molecule has 160 valence electrons. The molecule has 1 atom stereocenters. The Balaban J connectivity index is 1.77. The summed E-state index contributed by atoms with van der Waals surface area (Å²) in [6.07, 6.45) is -4.69. The number of amides is 1. The molecule has 30 heavy (non-hydrogen) atoms. The molecule has 2 heterocycles. The Morgan fingerprint density at radius 2 is 1.90 bits per heavy atom. The van der Waals surface area contributed by atoms with Crippen molar-refractivity contribution in [2.75, 3.05) is 5.32 Å². The van der Waals surface area contributed by atoms with Gasteiger partial charge in [0.1, 0.15) is 6.04 Å². The molecule has 3 rings (SSSR count). The molecule has 0 aliphatic rings. The summed E-state index contributed by atoms with van der Waals surface area (Å²) in [5.74, 6) is -0.505. The van der Waals surface area contributed by atoms with Gasteiger partial charge in [-0.05, 0) is 51.5 Å². The van der Waals surface area contributed by atoms with E-state index in [-0.39, 0.29) is 5.69 Å². The molecule has 0 aliphatic carbocycles. The summed E-state index contributed by atoms with van der Waals surface area (Å²) in [6.45, 7) is 7.26. The van der Waals surface area contributed by atoms with Crippen molar-refractivity contribution in [3.63, 3.8) is 0 Å². The van der Waals surface area contributed by atoms with Crippen molar-refractivity contribution < 1.29 is 18.0 Å². The number of halogens is 4. The maximum atomic E-state index is 13.0. The molecule has 1 unspecified atom stereocenters. The fraction of sp³-hybridized carbons (Fsp3) is 0.350. The summed E-state index contributed by atoms with van der Waals surface area (Å²) in [5, 5.41) is 10.2. The first-order chi connectivity index (χ1) is 14.0. The van der Waals surface area contributed by atoms with E-state index >= 15 is 0 Å². The van der Waals surface area contributed by atoms with E-state index in [0.29, 0.717) is 12.2 Å². The number of aryl methyl sites for hydroxylation is 2. The second-order valence-corrected chi connectivity index (χ2v) is 7.52. The number of aromatic nitrogens is 4. The van der Waals surface area contributed by atoms with E-state index in [9.17, 15) is 18.0 Å². The molecular formula is C20H21ClF3N5O. The third-order valence-electron chi connectivity index (χ3n) is 4.72. The second-order valence-electron chi connectivity index (χ2n) is 7.14. The minimum absolute atomic E-state index is 0.0740. The fourth-order valence-corrected chi connectivity index (χ4v) is 3.40. The molecule has 0 spiro atoms. The van der Waals surface area contributed by atoms with E-state index in [1.54, 1.807) is 18.2 Å². The van der Waals surface area contributed by atoms with Gasteiger partial charge in [-0.25, -0.2) is 0 Å². The molecule has 2 aromatic heterocycles. The number of benzene rings is 1. The number of nitrogens with zero attached hydrogens (tertiary/aromatic N) is 4. The van der Waals surface area contributed by atoms with Gasteiger partial charge in [0.25, 0.3) is 0 Å². The van der Waals surface area contributed by atoms with Crippen molar-refractivity contribution in [1.29, 1.82) is 0 Å². The summed E-state index contributed by atoms with van der Waals surface area (Å²) < 4.78 is 42.0. The van der Waals surface area contributed by atoms with Crippen LogP contribution in [0.3, 0.4) is 0 Å². The molecule has 0 radical (unpaired) electrons. The van der Waals surface area contributed by atoms with E-state index in [1.807, 2.05) is 30.7 Å². The number of anilines is 1. The number of hydrogen-bond acceptors (Lipinski definition) is 3. The van der Waals surface area contributed by atoms with Gasteiger partial charge in [0.15, 0.2) is 5.69 Å². The van der Waals surface area contributed by atoms with Crippen LogP contribution in [0.25, 0.3) is 0 Å². The van der Waals surface area contributed by atoms with Crippen LogP contribution in [0.15, 0.2) is 30.3 Å². The largest absolute Gasteiger partial charge is 0.436 e. The number of rotatable bonds is 5. The summed E-state index contributed by atoms with van der Waals surface area (Å²) >= 11 is 5.78. The van der Waals surface area contributed by atoms with Gasteiger partial charge in [-0.1, -0.05) is 23.7 Å². The molecule has 10 heteroatoms. The van der Waals surface area contributed by atoms with Crippen LogP contribution >= 0.6 is 11.6 Å². The van der Waals surface area contributed by atoms with Crippen LogP contribution in [-0.4, -0.2) is 25.5 Å². The van der Waals surface area contributed by atoms with Crippen molar-refractivity contribution in [2.24, 2.45) is 0 Å². The number of alkyl halides is 3. The van der Waals surface area contributed by atoms with Crippen LogP contribution in [0.1, 0.15) is 41.3 Å². The van der Waals surface area contributed by atoms with E-state index in [0.717, 1.165) is 21.6 Å². The van der Waals surface area contributed by atoms with Crippen LogP contribution < -0.4 is 5.32 Å². The molecule has 1 N–H and O–H groups in total. The zero-order chi connectivity index (χ0) is 22.2. The zero-order valence-corrected chi connectivity index (χ0v) is 17.6. The molecule has 3 aromatic rings. The van der Waals surface area contributed by atoms with Gasteiger partial charge in [0, 0.05) is 11.4 Å². The highest BCUT2D eigenvalue weighted by Crippen LogP contribution is 2.36. The van der Waals surface area contributed by atoms with Crippen LogP contribution in [-0.2, 0) is 17.5 Å². The third-order valence-corrected chi connectivity index (χ3v) is 5.17. The molecule has 0 aliphatic heterocycles. The normalized spacial score (nSPS) is 12.8. The van der Waals surface area contributed by atoms with E-state index in [4.69, 9.17) is 11.6 Å². The minimum atomic E-state index is -4.69. The van der Waals surface area contributed by atoms with Crippen molar-refractivity contribution >= 4 is 23.2 Å². The molecule has 0 bridgehead atoms. The summed E-state index contributed by atoms with van der Waals surface area (Å²) in [4.78, 5) is 12.6. The average molecular weight is 440 g/mol. The minimum Gasteiger partial charge on any atom is -0.324 e. The van der Waals surface area contributed by atoms with Crippen LogP contribution in [0.5, 0.6) is 0 Å². The van der Waals surface area contributed by atoms with Gasteiger partial charge in [0.2, 0.25) is 5.91 Å². The number of hydrogen-bond donors (Lipinski definition) is 1. The molecule has 1 aromatic carbocycles. The molecule has 1 amide bonds. The van der Waals surface area contributed by atoms with Gasteiger partial charge in [-0.3, -0.25) is 14.2 Å². The average Bonchev–Trinajstić information content (AvgIpc) is 3.13. The number of nitrogens with one attached hydrogen (secondary N) is 1. The standard InChI is InChI=1S/C20H21ClF3N5O/c1-11-8-12(2)28(26-11)10-15-6-5-7-16(9-15)25-19(30)14(4)29-13(3)17(21)18(27-29)20(22,23)24/h5-9,14H,10H2,1-4H3,(H,25,30). The second kappa shape index (κ2) is 8.14. The highest BCUT2D eigenvalue weighted by molar-refractivity contribution is 6.32. The Labute approximate surface area is 176 Å². The summed E-state index contributed by atoms with van der Waals surface area (Å²) in [6, 6.07) is 8.19. The highest BCUT2D eigenvalue weighted by atomic mass is 35.5. The van der Waals surface area contributed by atoms with Gasteiger partial charge in [-0.15, -0.1) is 0 Å². The summed E-state index contributed by atoms with van der Waals surface area (Å²) in [7, 11) is 0. The first-order valence-electron chi connectivity index (χ1n) is 9.20. The topological polar surface area (TPSA) is 64.7 Å². The molecule has 0 saturated carbocycles. The lowest BCUT2D eigenvalue weighted by molar-refractivity contribution is -0.141. The monoisotopic (exact) mass is 439 g/mol. The lowest BCUT2D eigenvalue weighted by atomic mass is 10.2. The highest BCUT2D eigenvalue weighted by Gasteiger charge is 2.39. The Hall–Kier alpha value is -2.81. The van der Waals surface area contributed by atoms with Crippen LogP contribution in [0.4, 0.5) is 18.9 Å². The van der Waals surface area contributed by atoms with Gasteiger partial charge < -0.3 is 5.32 Å². The Morgan fingerprint density at radius 1 is 1.20 bits per heavy atom. The lowest BCUT2D eigenvalue weighted by Gasteiger charge is -2.15. The van der Waals surface area contributed by atoms with Gasteiger partial charge in [-0.2, -0.15) is 23.4 Å². The summed E-state index contributed by atoms with van der Waals surface area (Å²) in [5.41, 5.74) is 2.25. The van der Waals surface area contributed by atoms with Gasteiger partial charge in [0.05, 0.1) is 23.0 Å². The SMILES string of the molecule is Cc1cc(C)n(Cc2cccc(NC(=O)C(C)n3nc(C(F)(F)F)c(Cl)c3C)c2)n1. The quantitative estimate of drug-likeness (QED) is 0.613. The maximum Gasteiger partial charge on any atom is 0.436 e. The number of carbonyl (C=O) groups is 1.